The average Bonchev–Trinajstić information content (AvgIpc) is 3.07. The molecule has 1 aliphatic rings. The molecule has 5 nitrogen and oxygen atoms in total. The monoisotopic (exact) mass is 295 g/mol. The second-order valence-electron chi connectivity index (χ2n) is 4.72. The Morgan fingerprint density at radius 2 is 2.21 bits per heavy atom. The van der Waals surface area contributed by atoms with Gasteiger partial charge in [-0.2, -0.15) is 4.98 Å². The predicted octanol–water partition coefficient (Wildman–Crippen LogP) is 3.04. The molecular weight excluding hydrogens is 282 g/mol. The number of aryl methyl sites for hydroxylation is 1. The second kappa shape index (κ2) is 4.94. The molecule has 2 aromatic rings. The third kappa shape index (κ3) is 2.96. The van der Waals surface area contributed by atoms with Gasteiger partial charge in [-0.25, -0.2) is 9.97 Å². The normalized spacial score (nSPS) is 16.3. The van der Waals surface area contributed by atoms with Crippen LogP contribution in [0.1, 0.15) is 29.6 Å². The Hall–Kier alpha value is -1.40. The van der Waals surface area contributed by atoms with Gasteiger partial charge in [-0.3, -0.25) is 0 Å². The van der Waals surface area contributed by atoms with E-state index in [1.54, 1.807) is 17.4 Å². The van der Waals surface area contributed by atoms with Crippen LogP contribution >= 0.6 is 22.9 Å². The molecule has 3 rings (SSSR count). The Balaban J connectivity index is 1.85. The third-order valence-electron chi connectivity index (χ3n) is 3.01. The van der Waals surface area contributed by atoms with Crippen LogP contribution in [-0.4, -0.2) is 15.0 Å². The van der Waals surface area contributed by atoms with Gasteiger partial charge in [-0.05, 0) is 25.7 Å². The van der Waals surface area contributed by atoms with Gasteiger partial charge in [0.2, 0.25) is 5.95 Å². The molecule has 0 aliphatic heterocycles. The highest BCUT2D eigenvalue weighted by Gasteiger charge is 2.34. The van der Waals surface area contributed by atoms with E-state index in [0.717, 1.165) is 10.7 Å². The maximum atomic E-state index is 5.89. The summed E-state index contributed by atoms with van der Waals surface area (Å²) in [5.41, 5.74) is 6.66. The lowest BCUT2D eigenvalue weighted by atomic mass is 10.2. The first-order chi connectivity index (χ1) is 9.11. The topological polar surface area (TPSA) is 76.7 Å². The number of rotatable bonds is 4. The molecule has 19 heavy (non-hydrogen) atoms. The van der Waals surface area contributed by atoms with Crippen molar-refractivity contribution in [2.24, 2.45) is 5.92 Å². The van der Waals surface area contributed by atoms with Gasteiger partial charge in [0.15, 0.2) is 0 Å². The van der Waals surface area contributed by atoms with Crippen molar-refractivity contribution in [1.29, 1.82) is 0 Å². The minimum absolute atomic E-state index is 0.180. The number of nitrogens with one attached hydrogen (secondary N) is 1. The van der Waals surface area contributed by atoms with Crippen LogP contribution in [0.4, 0.5) is 11.8 Å². The number of nitrogens with two attached hydrogens (primary N) is 1. The van der Waals surface area contributed by atoms with Crippen LogP contribution in [0.25, 0.3) is 0 Å². The summed E-state index contributed by atoms with van der Waals surface area (Å²) in [4.78, 5) is 12.6. The molecule has 1 aliphatic carbocycles. The van der Waals surface area contributed by atoms with Crippen LogP contribution in [0.2, 0.25) is 5.15 Å². The quantitative estimate of drug-likeness (QED) is 0.848. The Bertz CT molecular complexity index is 575. The molecule has 1 unspecified atom stereocenters. The maximum Gasteiger partial charge on any atom is 0.223 e. The highest BCUT2D eigenvalue weighted by Crippen LogP contribution is 2.43. The van der Waals surface area contributed by atoms with Crippen LogP contribution in [0.15, 0.2) is 11.4 Å². The molecule has 2 heterocycles. The van der Waals surface area contributed by atoms with Gasteiger partial charge in [0.05, 0.1) is 6.04 Å². The summed E-state index contributed by atoms with van der Waals surface area (Å²) in [7, 11) is 0. The van der Waals surface area contributed by atoms with E-state index >= 15 is 0 Å². The van der Waals surface area contributed by atoms with Crippen molar-refractivity contribution in [1.82, 2.24) is 15.0 Å². The SMILES string of the molecule is Cc1csc(C(Nc2cc(Cl)nc(N)n2)C2CC2)n1. The Morgan fingerprint density at radius 3 is 2.79 bits per heavy atom. The van der Waals surface area contributed by atoms with Crippen LogP contribution in [0.3, 0.4) is 0 Å². The summed E-state index contributed by atoms with van der Waals surface area (Å²) < 4.78 is 0. The van der Waals surface area contributed by atoms with Crippen molar-refractivity contribution < 1.29 is 0 Å². The zero-order valence-electron chi connectivity index (χ0n) is 10.4. The molecule has 1 saturated carbocycles. The standard InChI is InChI=1S/C12H14ClN5S/c1-6-5-19-11(15-6)10(7-2-3-7)17-9-4-8(13)16-12(14)18-9/h4-5,7,10H,2-3H2,1H3,(H3,14,16,17,18). The third-order valence-corrected chi connectivity index (χ3v) is 4.25. The number of aromatic nitrogens is 3. The zero-order valence-corrected chi connectivity index (χ0v) is 12.0. The van der Waals surface area contributed by atoms with E-state index in [2.05, 4.69) is 25.6 Å². The number of halogens is 1. The molecule has 2 aromatic heterocycles. The summed E-state index contributed by atoms with van der Waals surface area (Å²) in [6.07, 6.45) is 2.43. The summed E-state index contributed by atoms with van der Waals surface area (Å²) in [6, 6.07) is 1.87. The van der Waals surface area contributed by atoms with Crippen molar-refractivity contribution in [2.75, 3.05) is 11.1 Å². The molecule has 0 radical (unpaired) electrons. The fourth-order valence-corrected chi connectivity index (χ4v) is 3.12. The molecule has 100 valence electrons. The van der Waals surface area contributed by atoms with Gasteiger partial charge in [-0.15, -0.1) is 11.3 Å². The fraction of sp³-hybridized carbons (Fsp3) is 0.417. The second-order valence-corrected chi connectivity index (χ2v) is 6.00. The molecule has 0 bridgehead atoms. The lowest BCUT2D eigenvalue weighted by molar-refractivity contribution is 0.669. The highest BCUT2D eigenvalue weighted by atomic mass is 35.5. The lowest BCUT2D eigenvalue weighted by Gasteiger charge is -2.16. The van der Waals surface area contributed by atoms with Crippen LogP contribution in [0, 0.1) is 12.8 Å². The number of nitrogen functional groups attached to an aromatic ring is 1. The first kappa shape index (κ1) is 12.6. The molecule has 3 N–H and O–H groups in total. The van der Waals surface area contributed by atoms with E-state index in [1.165, 1.54) is 12.8 Å². The van der Waals surface area contributed by atoms with Gasteiger partial charge >= 0.3 is 0 Å². The van der Waals surface area contributed by atoms with E-state index < -0.39 is 0 Å². The Labute approximate surface area is 120 Å². The van der Waals surface area contributed by atoms with Gasteiger partial charge < -0.3 is 11.1 Å². The number of anilines is 2. The number of nitrogens with zero attached hydrogens (tertiary/aromatic N) is 3. The molecule has 1 fully saturated rings. The van der Waals surface area contributed by atoms with E-state index in [4.69, 9.17) is 17.3 Å². The highest BCUT2D eigenvalue weighted by molar-refractivity contribution is 7.09. The molecular formula is C12H14ClN5S. The van der Waals surface area contributed by atoms with Gasteiger partial charge in [0.1, 0.15) is 16.0 Å². The Kier molecular flexibility index (Phi) is 3.28. The van der Waals surface area contributed by atoms with Crippen molar-refractivity contribution >= 4 is 34.7 Å². The van der Waals surface area contributed by atoms with Gasteiger partial charge in [-0.1, -0.05) is 11.6 Å². The predicted molar refractivity (Wildman–Crippen MR) is 77.4 cm³/mol. The maximum absolute atomic E-state index is 5.89. The molecule has 0 aromatic carbocycles. The number of thiazole rings is 1. The summed E-state index contributed by atoms with van der Waals surface area (Å²) in [6.45, 7) is 2.00. The minimum atomic E-state index is 0.180. The van der Waals surface area contributed by atoms with Crippen LogP contribution in [0.5, 0.6) is 0 Å². The van der Waals surface area contributed by atoms with Crippen molar-refractivity contribution in [2.45, 2.75) is 25.8 Å². The molecule has 0 saturated heterocycles. The molecule has 1 atom stereocenters. The fourth-order valence-electron chi connectivity index (χ4n) is 1.99. The summed E-state index contributed by atoms with van der Waals surface area (Å²) in [5, 5.41) is 6.89. The summed E-state index contributed by atoms with van der Waals surface area (Å²) >= 11 is 7.57. The van der Waals surface area contributed by atoms with E-state index in [0.29, 0.717) is 16.9 Å². The summed E-state index contributed by atoms with van der Waals surface area (Å²) in [5.74, 6) is 1.45. The van der Waals surface area contributed by atoms with E-state index in [1.807, 2.05) is 6.92 Å². The van der Waals surface area contributed by atoms with Crippen LogP contribution in [-0.2, 0) is 0 Å². The number of hydrogen-bond donors (Lipinski definition) is 2. The largest absolute Gasteiger partial charge is 0.368 e. The van der Waals surface area contributed by atoms with Crippen molar-refractivity contribution in [3.8, 4) is 0 Å². The van der Waals surface area contributed by atoms with Crippen LogP contribution < -0.4 is 11.1 Å². The first-order valence-electron chi connectivity index (χ1n) is 6.10. The van der Waals surface area contributed by atoms with E-state index in [-0.39, 0.29) is 12.0 Å². The van der Waals surface area contributed by atoms with Gasteiger partial charge in [0.25, 0.3) is 0 Å². The Morgan fingerprint density at radius 1 is 1.42 bits per heavy atom. The van der Waals surface area contributed by atoms with Gasteiger partial charge in [0, 0.05) is 17.1 Å². The molecule has 7 heteroatoms. The number of hydrogen-bond acceptors (Lipinski definition) is 6. The average molecular weight is 296 g/mol. The molecule has 0 spiro atoms. The minimum Gasteiger partial charge on any atom is -0.368 e. The van der Waals surface area contributed by atoms with Crippen molar-refractivity contribution in [3.63, 3.8) is 0 Å². The first-order valence-corrected chi connectivity index (χ1v) is 7.36. The van der Waals surface area contributed by atoms with Crippen molar-refractivity contribution in [3.05, 3.63) is 27.3 Å². The molecule has 0 amide bonds. The lowest BCUT2D eigenvalue weighted by Crippen LogP contribution is -2.14. The smallest absolute Gasteiger partial charge is 0.223 e. The zero-order chi connectivity index (χ0) is 13.4. The van der Waals surface area contributed by atoms with E-state index in [9.17, 15) is 0 Å².